The summed E-state index contributed by atoms with van der Waals surface area (Å²) in [6.07, 6.45) is 7.75. The number of aliphatic imine (C=N–C) groups is 1. The number of nitrogens with zero attached hydrogens (tertiary/aromatic N) is 1. The lowest BCUT2D eigenvalue weighted by atomic mass is 9.86. The summed E-state index contributed by atoms with van der Waals surface area (Å²) in [4.78, 5) is 4.38. The van der Waals surface area contributed by atoms with Crippen molar-refractivity contribution >= 4 is 29.9 Å². The summed E-state index contributed by atoms with van der Waals surface area (Å²) in [5, 5.41) is 3.20. The first-order valence-electron chi connectivity index (χ1n) is 7.01. The Kier molecular flexibility index (Phi) is 8.99. The molecular weight excluding hydrogens is 337 g/mol. The van der Waals surface area contributed by atoms with Gasteiger partial charge in [-0.05, 0) is 37.0 Å². The van der Waals surface area contributed by atoms with E-state index in [-0.39, 0.29) is 24.0 Å². The zero-order valence-electron chi connectivity index (χ0n) is 12.2. The highest BCUT2D eigenvalue weighted by molar-refractivity contribution is 14.0. The highest BCUT2D eigenvalue weighted by Crippen LogP contribution is 2.26. The summed E-state index contributed by atoms with van der Waals surface area (Å²) in [7, 11) is 0. The van der Waals surface area contributed by atoms with Crippen molar-refractivity contribution in [3.05, 3.63) is 0 Å². The topological polar surface area (TPSA) is 50.4 Å². The molecule has 1 aliphatic carbocycles. The Bertz CT molecular complexity index is 242. The second-order valence-corrected chi connectivity index (χ2v) is 6.47. The molecule has 0 aromatic heterocycles. The van der Waals surface area contributed by atoms with Crippen LogP contribution in [-0.2, 0) is 0 Å². The van der Waals surface area contributed by atoms with Crippen LogP contribution in [0.15, 0.2) is 4.99 Å². The number of guanidine groups is 1. The molecule has 0 unspecified atom stereocenters. The molecule has 0 atom stereocenters. The maximum atomic E-state index is 5.81. The molecule has 18 heavy (non-hydrogen) atoms. The van der Waals surface area contributed by atoms with E-state index in [1.165, 1.54) is 38.5 Å². The molecule has 1 saturated carbocycles. The fourth-order valence-electron chi connectivity index (χ4n) is 1.96. The normalized spacial score (nSPS) is 16.9. The van der Waals surface area contributed by atoms with Crippen LogP contribution in [0.5, 0.6) is 0 Å². The zero-order valence-corrected chi connectivity index (χ0v) is 14.5. The van der Waals surface area contributed by atoms with Crippen LogP contribution in [0.3, 0.4) is 0 Å². The summed E-state index contributed by atoms with van der Waals surface area (Å²) in [5.74, 6) is 1.43. The molecule has 4 heteroatoms. The third-order valence-corrected chi connectivity index (χ3v) is 3.40. The van der Waals surface area contributed by atoms with Gasteiger partial charge in [0.15, 0.2) is 5.96 Å². The molecule has 108 valence electrons. The van der Waals surface area contributed by atoms with E-state index >= 15 is 0 Å². The SMILES string of the molecule is CC(C)(C)CCCCNC(N)=NCC1CCC1.I. The van der Waals surface area contributed by atoms with Gasteiger partial charge in [0, 0.05) is 13.1 Å². The second-order valence-electron chi connectivity index (χ2n) is 6.47. The fraction of sp³-hybridized carbons (Fsp3) is 0.929. The summed E-state index contributed by atoms with van der Waals surface area (Å²) < 4.78 is 0. The first kappa shape index (κ1) is 18.0. The predicted molar refractivity (Wildman–Crippen MR) is 90.6 cm³/mol. The van der Waals surface area contributed by atoms with Crippen molar-refractivity contribution in [3.63, 3.8) is 0 Å². The molecular formula is C14H30IN3. The Hall–Kier alpha value is 0. The average molecular weight is 367 g/mol. The van der Waals surface area contributed by atoms with Crippen LogP contribution in [0.1, 0.15) is 59.3 Å². The minimum absolute atomic E-state index is 0. The molecule has 0 heterocycles. The summed E-state index contributed by atoms with van der Waals surface area (Å²) in [6.45, 7) is 8.73. The Morgan fingerprint density at radius 1 is 1.28 bits per heavy atom. The van der Waals surface area contributed by atoms with E-state index in [0.29, 0.717) is 11.4 Å². The Labute approximate surface area is 129 Å². The van der Waals surface area contributed by atoms with Gasteiger partial charge in [0.1, 0.15) is 0 Å². The number of nitrogens with two attached hydrogens (primary N) is 1. The molecule has 0 aromatic rings. The largest absolute Gasteiger partial charge is 0.370 e. The van der Waals surface area contributed by atoms with E-state index in [1.807, 2.05) is 0 Å². The minimum Gasteiger partial charge on any atom is -0.370 e. The lowest BCUT2D eigenvalue weighted by Crippen LogP contribution is -2.33. The Morgan fingerprint density at radius 3 is 2.44 bits per heavy atom. The third-order valence-electron chi connectivity index (χ3n) is 3.40. The molecule has 0 aromatic carbocycles. The van der Waals surface area contributed by atoms with Crippen LogP contribution < -0.4 is 11.1 Å². The maximum Gasteiger partial charge on any atom is 0.188 e. The van der Waals surface area contributed by atoms with E-state index in [9.17, 15) is 0 Å². The number of rotatable bonds is 6. The Balaban J connectivity index is 0.00000289. The zero-order chi connectivity index (χ0) is 12.7. The molecule has 0 bridgehead atoms. The summed E-state index contributed by atoms with van der Waals surface area (Å²) >= 11 is 0. The fourth-order valence-corrected chi connectivity index (χ4v) is 1.96. The standard InChI is InChI=1S/C14H29N3.HI/c1-14(2,3)9-4-5-10-16-13(15)17-11-12-7-6-8-12;/h12H,4-11H2,1-3H3,(H3,15,16,17);1H. The molecule has 1 rings (SSSR count). The average Bonchev–Trinajstić information content (AvgIpc) is 2.13. The molecule has 0 saturated heterocycles. The molecule has 3 nitrogen and oxygen atoms in total. The first-order valence-corrected chi connectivity index (χ1v) is 7.01. The smallest absolute Gasteiger partial charge is 0.188 e. The number of unbranched alkanes of at least 4 members (excludes halogenated alkanes) is 1. The van der Waals surface area contributed by atoms with Crippen molar-refractivity contribution in [1.82, 2.24) is 5.32 Å². The van der Waals surface area contributed by atoms with E-state index in [2.05, 4.69) is 31.1 Å². The van der Waals surface area contributed by atoms with Gasteiger partial charge in [-0.25, -0.2) is 0 Å². The molecule has 0 spiro atoms. The lowest BCUT2D eigenvalue weighted by Gasteiger charge is -2.23. The van der Waals surface area contributed by atoms with Gasteiger partial charge in [-0.2, -0.15) is 0 Å². The Morgan fingerprint density at radius 2 is 1.94 bits per heavy atom. The van der Waals surface area contributed by atoms with Gasteiger partial charge >= 0.3 is 0 Å². The van der Waals surface area contributed by atoms with Gasteiger partial charge in [0.05, 0.1) is 0 Å². The van der Waals surface area contributed by atoms with Crippen molar-refractivity contribution in [3.8, 4) is 0 Å². The molecule has 0 aliphatic heterocycles. The van der Waals surface area contributed by atoms with Crippen LogP contribution >= 0.6 is 24.0 Å². The van der Waals surface area contributed by atoms with Gasteiger partial charge in [0.2, 0.25) is 0 Å². The van der Waals surface area contributed by atoms with Gasteiger partial charge in [0.25, 0.3) is 0 Å². The highest BCUT2D eigenvalue weighted by Gasteiger charge is 2.16. The van der Waals surface area contributed by atoms with Gasteiger partial charge < -0.3 is 11.1 Å². The molecule has 0 radical (unpaired) electrons. The molecule has 0 amide bonds. The lowest BCUT2D eigenvalue weighted by molar-refractivity contribution is 0.326. The van der Waals surface area contributed by atoms with Crippen LogP contribution in [0.4, 0.5) is 0 Å². The van der Waals surface area contributed by atoms with Crippen molar-refractivity contribution < 1.29 is 0 Å². The van der Waals surface area contributed by atoms with Gasteiger partial charge in [-0.15, -0.1) is 24.0 Å². The molecule has 1 aliphatic rings. The number of hydrogen-bond acceptors (Lipinski definition) is 1. The van der Waals surface area contributed by atoms with E-state index in [1.54, 1.807) is 0 Å². The van der Waals surface area contributed by atoms with Crippen LogP contribution in [0.25, 0.3) is 0 Å². The maximum absolute atomic E-state index is 5.81. The van der Waals surface area contributed by atoms with Crippen molar-refractivity contribution in [2.75, 3.05) is 13.1 Å². The monoisotopic (exact) mass is 367 g/mol. The van der Waals surface area contributed by atoms with Crippen molar-refractivity contribution in [1.29, 1.82) is 0 Å². The third kappa shape index (κ3) is 9.00. The van der Waals surface area contributed by atoms with Crippen molar-refractivity contribution in [2.45, 2.75) is 59.3 Å². The van der Waals surface area contributed by atoms with Gasteiger partial charge in [-0.3, -0.25) is 4.99 Å². The first-order chi connectivity index (χ1) is 7.97. The predicted octanol–water partition coefficient (Wildman–Crippen LogP) is 3.53. The number of hydrogen-bond donors (Lipinski definition) is 2. The van der Waals surface area contributed by atoms with Crippen LogP contribution in [0, 0.1) is 11.3 Å². The van der Waals surface area contributed by atoms with Crippen LogP contribution in [-0.4, -0.2) is 19.0 Å². The molecule has 1 fully saturated rings. The minimum atomic E-state index is 0. The van der Waals surface area contributed by atoms with E-state index in [4.69, 9.17) is 5.73 Å². The number of halogens is 1. The second kappa shape index (κ2) is 8.99. The molecule has 3 N–H and O–H groups in total. The highest BCUT2D eigenvalue weighted by atomic mass is 127. The summed E-state index contributed by atoms with van der Waals surface area (Å²) in [6, 6.07) is 0. The van der Waals surface area contributed by atoms with Gasteiger partial charge in [-0.1, -0.05) is 33.6 Å². The van der Waals surface area contributed by atoms with E-state index < -0.39 is 0 Å². The quantitative estimate of drug-likeness (QED) is 0.327. The van der Waals surface area contributed by atoms with Crippen LogP contribution in [0.2, 0.25) is 0 Å². The summed E-state index contributed by atoms with van der Waals surface area (Å²) in [5.41, 5.74) is 6.26. The number of nitrogens with one attached hydrogen (secondary N) is 1. The van der Waals surface area contributed by atoms with E-state index in [0.717, 1.165) is 19.0 Å². The van der Waals surface area contributed by atoms with Crippen molar-refractivity contribution in [2.24, 2.45) is 22.1 Å².